The zero-order chi connectivity index (χ0) is 18.8. The average molecular weight is 362 g/mol. The number of alkyl halides is 3. The van der Waals surface area contributed by atoms with Gasteiger partial charge in [0.05, 0.1) is 0 Å². The molecule has 1 aromatic heterocycles. The quantitative estimate of drug-likeness (QED) is 0.879. The van der Waals surface area contributed by atoms with E-state index >= 15 is 0 Å². The van der Waals surface area contributed by atoms with E-state index in [1.807, 2.05) is 20.8 Å². The van der Waals surface area contributed by atoms with Crippen LogP contribution in [0.1, 0.15) is 45.3 Å². The molecule has 1 aliphatic rings. The summed E-state index contributed by atoms with van der Waals surface area (Å²) < 4.78 is 42.8. The molecule has 1 unspecified atom stereocenters. The number of amides is 2. The van der Waals surface area contributed by atoms with Crippen LogP contribution in [-0.4, -0.2) is 52.2 Å². The van der Waals surface area contributed by atoms with Crippen LogP contribution in [0.25, 0.3) is 0 Å². The molecule has 1 aliphatic heterocycles. The normalized spacial score (nSPS) is 18.5. The summed E-state index contributed by atoms with van der Waals surface area (Å²) in [6, 6.07) is -1.09. The highest BCUT2D eigenvalue weighted by atomic mass is 19.4. The van der Waals surface area contributed by atoms with Crippen molar-refractivity contribution in [3.05, 3.63) is 11.7 Å². The lowest BCUT2D eigenvalue weighted by Crippen LogP contribution is -2.50. The molecular weight excluding hydrogens is 341 g/mol. The molecule has 7 nitrogen and oxygen atoms in total. The Morgan fingerprint density at radius 2 is 2.00 bits per heavy atom. The molecule has 0 spiro atoms. The van der Waals surface area contributed by atoms with Crippen molar-refractivity contribution in [3.8, 4) is 0 Å². The van der Waals surface area contributed by atoms with Gasteiger partial charge in [-0.15, -0.1) is 0 Å². The summed E-state index contributed by atoms with van der Waals surface area (Å²) in [5.41, 5.74) is -0.295. The molecule has 2 rings (SSSR count). The zero-order valence-corrected chi connectivity index (χ0v) is 14.3. The van der Waals surface area contributed by atoms with Gasteiger partial charge < -0.3 is 14.7 Å². The Kier molecular flexibility index (Phi) is 5.38. The summed E-state index contributed by atoms with van der Waals surface area (Å²) in [5, 5.41) is 6.34. The molecule has 140 valence electrons. The van der Waals surface area contributed by atoms with E-state index in [-0.39, 0.29) is 31.3 Å². The predicted molar refractivity (Wildman–Crippen MR) is 80.5 cm³/mol. The number of nitrogens with one attached hydrogen (secondary N) is 1. The van der Waals surface area contributed by atoms with Crippen LogP contribution in [0.15, 0.2) is 4.52 Å². The lowest BCUT2D eigenvalue weighted by Gasteiger charge is -2.24. The van der Waals surface area contributed by atoms with Crippen molar-refractivity contribution >= 4 is 11.8 Å². The van der Waals surface area contributed by atoms with E-state index in [0.29, 0.717) is 23.0 Å². The topological polar surface area (TPSA) is 88.3 Å². The van der Waals surface area contributed by atoms with E-state index in [1.54, 1.807) is 0 Å². The number of hydrogen-bond acceptors (Lipinski definition) is 5. The van der Waals surface area contributed by atoms with Crippen molar-refractivity contribution in [1.29, 1.82) is 0 Å². The Labute approximate surface area is 142 Å². The van der Waals surface area contributed by atoms with Gasteiger partial charge in [0, 0.05) is 24.9 Å². The lowest BCUT2D eigenvalue weighted by atomic mass is 9.97. The standard InChI is InChI=1S/C15H21F3N4O3/c1-14(2,3)12-20-10(21-25-12)6-7-19-11(23)9-5-4-8-22(9)13(24)15(16,17)18/h9H,4-8H2,1-3H3,(H,19,23). The summed E-state index contributed by atoms with van der Waals surface area (Å²) >= 11 is 0. The van der Waals surface area contributed by atoms with Crippen LogP contribution >= 0.6 is 0 Å². The summed E-state index contributed by atoms with van der Waals surface area (Å²) in [6.07, 6.45) is -4.12. The van der Waals surface area contributed by atoms with Gasteiger partial charge in [-0.25, -0.2) is 0 Å². The number of likely N-dealkylation sites (tertiary alicyclic amines) is 1. The SMILES string of the molecule is CC(C)(C)c1nc(CCNC(=O)C2CCCN2C(=O)C(F)(F)F)no1. The lowest BCUT2D eigenvalue weighted by molar-refractivity contribution is -0.186. The molecule has 10 heteroatoms. The molecule has 1 fully saturated rings. The summed E-state index contributed by atoms with van der Waals surface area (Å²) in [7, 11) is 0. The van der Waals surface area contributed by atoms with Gasteiger partial charge in [0.2, 0.25) is 11.8 Å². The van der Waals surface area contributed by atoms with E-state index in [0.717, 1.165) is 0 Å². The van der Waals surface area contributed by atoms with Gasteiger partial charge in [0.15, 0.2) is 5.82 Å². The van der Waals surface area contributed by atoms with Crippen molar-refractivity contribution in [1.82, 2.24) is 20.4 Å². The van der Waals surface area contributed by atoms with Crippen LogP contribution in [-0.2, 0) is 21.4 Å². The Morgan fingerprint density at radius 1 is 1.32 bits per heavy atom. The first kappa shape index (κ1) is 19.2. The van der Waals surface area contributed by atoms with Crippen LogP contribution in [0.4, 0.5) is 13.2 Å². The molecule has 1 N–H and O–H groups in total. The predicted octanol–water partition coefficient (Wildman–Crippen LogP) is 1.58. The highest BCUT2D eigenvalue weighted by Gasteiger charge is 2.47. The third kappa shape index (κ3) is 4.70. The van der Waals surface area contributed by atoms with Crippen molar-refractivity contribution in [2.45, 2.75) is 57.7 Å². The number of nitrogens with zero attached hydrogens (tertiary/aromatic N) is 3. The first-order chi connectivity index (χ1) is 11.5. The van der Waals surface area contributed by atoms with Gasteiger partial charge in [0.1, 0.15) is 6.04 Å². The maximum atomic E-state index is 12.6. The van der Waals surface area contributed by atoms with Gasteiger partial charge in [0.25, 0.3) is 0 Å². The highest BCUT2D eigenvalue weighted by molar-refractivity contribution is 5.90. The fourth-order valence-electron chi connectivity index (χ4n) is 2.52. The number of hydrogen-bond donors (Lipinski definition) is 1. The third-order valence-electron chi connectivity index (χ3n) is 3.82. The Hall–Kier alpha value is -2.13. The molecule has 1 atom stereocenters. The molecule has 0 saturated carbocycles. The van der Waals surface area contributed by atoms with E-state index < -0.39 is 24.0 Å². The molecule has 1 saturated heterocycles. The van der Waals surface area contributed by atoms with Crippen LogP contribution in [0.2, 0.25) is 0 Å². The molecule has 2 amide bonds. The number of rotatable bonds is 4. The van der Waals surface area contributed by atoms with Gasteiger partial charge in [-0.05, 0) is 12.8 Å². The first-order valence-corrected chi connectivity index (χ1v) is 7.98. The maximum absolute atomic E-state index is 12.6. The monoisotopic (exact) mass is 362 g/mol. The Balaban J connectivity index is 1.87. The number of carbonyl (C=O) groups excluding carboxylic acids is 2. The molecule has 0 radical (unpaired) electrons. The minimum absolute atomic E-state index is 0.0732. The zero-order valence-electron chi connectivity index (χ0n) is 14.3. The second kappa shape index (κ2) is 7.01. The minimum atomic E-state index is -4.98. The molecular formula is C15H21F3N4O3. The van der Waals surface area contributed by atoms with Crippen LogP contribution in [0.3, 0.4) is 0 Å². The fraction of sp³-hybridized carbons (Fsp3) is 0.733. The molecule has 2 heterocycles. The molecule has 25 heavy (non-hydrogen) atoms. The summed E-state index contributed by atoms with van der Waals surface area (Å²) in [5.74, 6) is -1.71. The van der Waals surface area contributed by atoms with Crippen molar-refractivity contribution in [2.24, 2.45) is 0 Å². The van der Waals surface area contributed by atoms with Crippen LogP contribution in [0, 0.1) is 0 Å². The Bertz CT molecular complexity index is 637. The van der Waals surface area contributed by atoms with Crippen LogP contribution < -0.4 is 5.32 Å². The van der Waals surface area contributed by atoms with Gasteiger partial charge >= 0.3 is 12.1 Å². The van der Waals surface area contributed by atoms with Gasteiger partial charge in [-0.1, -0.05) is 25.9 Å². The molecule has 0 bridgehead atoms. The minimum Gasteiger partial charge on any atom is -0.354 e. The number of aromatic nitrogens is 2. The largest absolute Gasteiger partial charge is 0.471 e. The smallest absolute Gasteiger partial charge is 0.354 e. The van der Waals surface area contributed by atoms with Crippen molar-refractivity contribution < 1.29 is 27.3 Å². The van der Waals surface area contributed by atoms with Gasteiger partial charge in [-0.3, -0.25) is 9.59 Å². The summed E-state index contributed by atoms with van der Waals surface area (Å²) in [6.45, 7) is 5.82. The first-order valence-electron chi connectivity index (χ1n) is 7.98. The Morgan fingerprint density at radius 3 is 2.56 bits per heavy atom. The number of halogens is 3. The molecule has 0 aliphatic carbocycles. The van der Waals surface area contributed by atoms with E-state index in [4.69, 9.17) is 4.52 Å². The fourth-order valence-corrected chi connectivity index (χ4v) is 2.52. The van der Waals surface area contributed by atoms with E-state index in [1.165, 1.54) is 0 Å². The van der Waals surface area contributed by atoms with Gasteiger partial charge in [-0.2, -0.15) is 18.2 Å². The molecule has 0 aromatic carbocycles. The van der Waals surface area contributed by atoms with Crippen molar-refractivity contribution in [2.75, 3.05) is 13.1 Å². The average Bonchev–Trinajstić information content (AvgIpc) is 3.13. The third-order valence-corrected chi connectivity index (χ3v) is 3.82. The second-order valence-electron chi connectivity index (χ2n) is 6.96. The molecule has 1 aromatic rings. The summed E-state index contributed by atoms with van der Waals surface area (Å²) in [4.78, 5) is 28.3. The van der Waals surface area contributed by atoms with Crippen LogP contribution in [0.5, 0.6) is 0 Å². The highest BCUT2D eigenvalue weighted by Crippen LogP contribution is 2.25. The maximum Gasteiger partial charge on any atom is 0.471 e. The van der Waals surface area contributed by atoms with E-state index in [2.05, 4.69) is 15.5 Å². The second-order valence-corrected chi connectivity index (χ2v) is 6.96. The van der Waals surface area contributed by atoms with E-state index in [9.17, 15) is 22.8 Å². The van der Waals surface area contributed by atoms with Crippen molar-refractivity contribution in [3.63, 3.8) is 0 Å². The number of carbonyl (C=O) groups is 2.